The number of nitrogens with zero attached hydrogens (tertiary/aromatic N) is 2. The van der Waals surface area contributed by atoms with Gasteiger partial charge in [-0.15, -0.1) is 24.0 Å². The molecule has 0 aliphatic carbocycles. The van der Waals surface area contributed by atoms with Crippen LogP contribution in [0.5, 0.6) is 5.75 Å². The Labute approximate surface area is 187 Å². The van der Waals surface area contributed by atoms with Gasteiger partial charge in [-0.25, -0.2) is 0 Å². The monoisotopic (exact) mass is 505 g/mol. The van der Waals surface area contributed by atoms with E-state index in [1.165, 1.54) is 5.56 Å². The van der Waals surface area contributed by atoms with Crippen LogP contribution in [0.15, 0.2) is 23.2 Å². The zero-order valence-corrected chi connectivity index (χ0v) is 20.0. The van der Waals surface area contributed by atoms with Crippen LogP contribution in [0.25, 0.3) is 0 Å². The highest BCUT2D eigenvalue weighted by Crippen LogP contribution is 2.19. The van der Waals surface area contributed by atoms with E-state index in [2.05, 4.69) is 34.3 Å². The number of likely N-dealkylation sites (tertiary alicyclic amines) is 1. The Morgan fingerprint density at radius 2 is 2.00 bits per heavy atom. The Bertz CT molecular complexity index is 590. The molecule has 0 saturated carbocycles. The Morgan fingerprint density at radius 1 is 1.25 bits per heavy atom. The number of aliphatic imine (C=N–C) groups is 1. The predicted molar refractivity (Wildman–Crippen MR) is 125 cm³/mol. The fourth-order valence-corrected chi connectivity index (χ4v) is 3.34. The van der Waals surface area contributed by atoms with Gasteiger partial charge in [0.1, 0.15) is 5.75 Å². The van der Waals surface area contributed by atoms with Gasteiger partial charge in [0.2, 0.25) is 0 Å². The second-order valence-electron chi connectivity index (χ2n) is 6.84. The van der Waals surface area contributed by atoms with Gasteiger partial charge in [-0.05, 0) is 50.3 Å². The molecule has 1 aromatic rings. The van der Waals surface area contributed by atoms with Crippen molar-refractivity contribution < 1.29 is 14.2 Å². The van der Waals surface area contributed by atoms with E-state index in [0.29, 0.717) is 12.7 Å². The van der Waals surface area contributed by atoms with Gasteiger partial charge in [0.05, 0.1) is 12.7 Å². The Balaban J connectivity index is 0.00000392. The molecule has 0 radical (unpaired) electrons. The fraction of sp³-hybridized carbons (Fsp3) is 0.667. The van der Waals surface area contributed by atoms with E-state index in [1.807, 2.05) is 20.0 Å². The molecule has 1 heterocycles. The van der Waals surface area contributed by atoms with Crippen LogP contribution >= 0.6 is 24.0 Å². The smallest absolute Gasteiger partial charge is 0.193 e. The molecule has 6 nitrogen and oxygen atoms in total. The molecule has 1 aromatic carbocycles. The van der Waals surface area contributed by atoms with Crippen molar-refractivity contribution in [3.05, 3.63) is 29.3 Å². The third kappa shape index (κ3) is 8.13. The number of piperidine rings is 1. The second kappa shape index (κ2) is 14.0. The molecule has 0 amide bonds. The van der Waals surface area contributed by atoms with Crippen LogP contribution in [0.1, 0.15) is 37.3 Å². The van der Waals surface area contributed by atoms with Crippen LogP contribution in [-0.2, 0) is 16.0 Å². The topological polar surface area (TPSA) is 55.3 Å². The van der Waals surface area contributed by atoms with Crippen molar-refractivity contribution in [3.8, 4) is 5.75 Å². The van der Waals surface area contributed by atoms with Crippen LogP contribution in [0.4, 0.5) is 0 Å². The molecule has 1 aliphatic rings. The molecule has 0 atom stereocenters. The van der Waals surface area contributed by atoms with Gasteiger partial charge in [0.25, 0.3) is 0 Å². The van der Waals surface area contributed by atoms with E-state index in [0.717, 1.165) is 69.4 Å². The maximum atomic E-state index is 5.94. The number of ether oxygens (including phenoxy) is 3. The third-order valence-corrected chi connectivity index (χ3v) is 4.79. The van der Waals surface area contributed by atoms with Gasteiger partial charge < -0.3 is 24.4 Å². The summed E-state index contributed by atoms with van der Waals surface area (Å²) in [5.41, 5.74) is 2.39. The minimum Gasteiger partial charge on any atom is -0.494 e. The van der Waals surface area contributed by atoms with Crippen LogP contribution in [0.2, 0.25) is 0 Å². The minimum atomic E-state index is 0. The zero-order chi connectivity index (χ0) is 19.5. The molecule has 0 spiro atoms. The van der Waals surface area contributed by atoms with Crippen molar-refractivity contribution in [2.24, 2.45) is 4.99 Å². The summed E-state index contributed by atoms with van der Waals surface area (Å²) in [7, 11) is 3.57. The van der Waals surface area contributed by atoms with Crippen molar-refractivity contribution >= 4 is 29.9 Å². The van der Waals surface area contributed by atoms with E-state index in [-0.39, 0.29) is 24.0 Å². The number of halogens is 1. The molecule has 1 saturated heterocycles. The number of rotatable bonds is 9. The molecule has 7 heteroatoms. The lowest BCUT2D eigenvalue weighted by Crippen LogP contribution is -2.46. The molecular weight excluding hydrogens is 469 g/mol. The van der Waals surface area contributed by atoms with Gasteiger partial charge in [-0.1, -0.05) is 12.1 Å². The number of guanidine groups is 1. The molecule has 28 heavy (non-hydrogen) atoms. The van der Waals surface area contributed by atoms with E-state index in [1.54, 1.807) is 7.11 Å². The average Bonchev–Trinajstić information content (AvgIpc) is 2.69. The first kappa shape index (κ1) is 25.0. The Kier molecular flexibility index (Phi) is 12.5. The average molecular weight is 505 g/mol. The van der Waals surface area contributed by atoms with Crippen LogP contribution in [0, 0.1) is 6.92 Å². The Morgan fingerprint density at radius 3 is 2.61 bits per heavy atom. The van der Waals surface area contributed by atoms with E-state index < -0.39 is 0 Å². The van der Waals surface area contributed by atoms with Gasteiger partial charge in [-0.3, -0.25) is 4.99 Å². The summed E-state index contributed by atoms with van der Waals surface area (Å²) in [6.45, 7) is 9.02. The largest absolute Gasteiger partial charge is 0.494 e. The quantitative estimate of drug-likeness (QED) is 0.241. The summed E-state index contributed by atoms with van der Waals surface area (Å²) in [5.74, 6) is 1.91. The summed E-state index contributed by atoms with van der Waals surface area (Å²) in [4.78, 5) is 6.77. The van der Waals surface area contributed by atoms with E-state index >= 15 is 0 Å². The molecule has 0 aromatic heterocycles. The molecular formula is C21H36IN3O3. The maximum Gasteiger partial charge on any atom is 0.193 e. The van der Waals surface area contributed by atoms with Crippen molar-refractivity contribution in [3.63, 3.8) is 0 Å². The van der Waals surface area contributed by atoms with Crippen LogP contribution < -0.4 is 10.1 Å². The second-order valence-corrected chi connectivity index (χ2v) is 6.84. The van der Waals surface area contributed by atoms with E-state index in [4.69, 9.17) is 14.2 Å². The normalized spacial score (nSPS) is 15.3. The summed E-state index contributed by atoms with van der Waals surface area (Å²) in [6.07, 6.45) is 3.39. The Hall–Kier alpha value is -1.06. The third-order valence-electron chi connectivity index (χ3n) is 4.79. The number of benzene rings is 1. The van der Waals surface area contributed by atoms with Crippen molar-refractivity contribution in [2.45, 2.75) is 45.8 Å². The van der Waals surface area contributed by atoms with Gasteiger partial charge in [0.15, 0.2) is 5.96 Å². The van der Waals surface area contributed by atoms with Crippen molar-refractivity contribution in [1.29, 1.82) is 0 Å². The molecule has 2 rings (SSSR count). The highest BCUT2D eigenvalue weighted by atomic mass is 127. The predicted octanol–water partition coefficient (Wildman–Crippen LogP) is 3.60. The number of methoxy groups -OCH3 is 1. The SMILES string of the molecule is CCOc1ccc(CNC(=NC)N2CCC(OCCCOC)CC2)cc1C.I. The molecule has 160 valence electrons. The number of hydrogen-bond donors (Lipinski definition) is 1. The molecule has 1 fully saturated rings. The molecule has 1 N–H and O–H groups in total. The summed E-state index contributed by atoms with van der Waals surface area (Å²) < 4.78 is 16.6. The van der Waals surface area contributed by atoms with E-state index in [9.17, 15) is 0 Å². The first-order valence-corrected chi connectivity index (χ1v) is 9.96. The first-order chi connectivity index (χ1) is 13.2. The zero-order valence-electron chi connectivity index (χ0n) is 17.7. The molecule has 1 aliphatic heterocycles. The minimum absolute atomic E-state index is 0. The highest BCUT2D eigenvalue weighted by molar-refractivity contribution is 14.0. The highest BCUT2D eigenvalue weighted by Gasteiger charge is 2.21. The number of nitrogens with one attached hydrogen (secondary N) is 1. The lowest BCUT2D eigenvalue weighted by atomic mass is 10.1. The van der Waals surface area contributed by atoms with Crippen molar-refractivity contribution in [2.75, 3.05) is 47.1 Å². The summed E-state index contributed by atoms with van der Waals surface area (Å²) >= 11 is 0. The molecule has 0 unspecified atom stereocenters. The fourth-order valence-electron chi connectivity index (χ4n) is 3.34. The molecule has 0 bridgehead atoms. The summed E-state index contributed by atoms with van der Waals surface area (Å²) in [5, 5.41) is 3.49. The lowest BCUT2D eigenvalue weighted by Gasteiger charge is -2.34. The van der Waals surface area contributed by atoms with Crippen LogP contribution in [0.3, 0.4) is 0 Å². The standard InChI is InChI=1S/C21H35N3O3.HI/c1-5-26-20-8-7-18(15-17(20)2)16-23-21(22-3)24-11-9-19(10-12-24)27-14-6-13-25-4;/h7-8,15,19H,5-6,9-14,16H2,1-4H3,(H,22,23);1H. The van der Waals surface area contributed by atoms with Crippen molar-refractivity contribution in [1.82, 2.24) is 10.2 Å². The van der Waals surface area contributed by atoms with Gasteiger partial charge >= 0.3 is 0 Å². The van der Waals surface area contributed by atoms with Gasteiger partial charge in [-0.2, -0.15) is 0 Å². The van der Waals surface area contributed by atoms with Gasteiger partial charge in [0, 0.05) is 47.0 Å². The van der Waals surface area contributed by atoms with Crippen LogP contribution in [-0.4, -0.2) is 64.0 Å². The first-order valence-electron chi connectivity index (χ1n) is 9.96. The number of aryl methyl sites for hydroxylation is 1. The lowest BCUT2D eigenvalue weighted by molar-refractivity contribution is 0.00989. The summed E-state index contributed by atoms with van der Waals surface area (Å²) in [6, 6.07) is 6.33. The number of hydrogen-bond acceptors (Lipinski definition) is 4. The maximum absolute atomic E-state index is 5.94.